The molecule has 0 aliphatic carbocycles. The fraction of sp³-hybridized carbons (Fsp3) is 0.263. The van der Waals surface area contributed by atoms with Crippen LogP contribution in [0.2, 0.25) is 0 Å². The van der Waals surface area contributed by atoms with Gasteiger partial charge in [-0.25, -0.2) is 0 Å². The van der Waals surface area contributed by atoms with E-state index in [0.717, 1.165) is 30.3 Å². The summed E-state index contributed by atoms with van der Waals surface area (Å²) in [7, 11) is 0. The molecule has 1 aromatic heterocycles. The summed E-state index contributed by atoms with van der Waals surface area (Å²) in [5, 5.41) is 1.31. The van der Waals surface area contributed by atoms with Gasteiger partial charge < -0.3 is 10.7 Å². The van der Waals surface area contributed by atoms with Crippen LogP contribution < -0.4 is 5.73 Å². The Labute approximate surface area is 150 Å². The van der Waals surface area contributed by atoms with Gasteiger partial charge in [-0.05, 0) is 61.9 Å². The number of benzene rings is 2. The summed E-state index contributed by atoms with van der Waals surface area (Å²) in [5.41, 5.74) is 10.8. The summed E-state index contributed by atoms with van der Waals surface area (Å²) in [6.07, 6.45) is 5.35. The number of unbranched alkanes of at least 4 members (excludes halogenated alkanes) is 1. The molecule has 0 radical (unpaired) electrons. The minimum atomic E-state index is 0.753. The first kappa shape index (κ1) is 16.6. The van der Waals surface area contributed by atoms with Crippen LogP contribution in [0, 0.1) is 0 Å². The quantitative estimate of drug-likeness (QED) is 0.426. The van der Waals surface area contributed by atoms with Gasteiger partial charge in [0.25, 0.3) is 0 Å². The van der Waals surface area contributed by atoms with Gasteiger partial charge in [0.05, 0.1) is 5.69 Å². The van der Waals surface area contributed by atoms with Gasteiger partial charge in [-0.2, -0.15) is 0 Å². The van der Waals surface area contributed by atoms with Gasteiger partial charge in [-0.3, -0.25) is 0 Å². The average molecular weight is 389 g/mol. The first-order valence-corrected chi connectivity index (χ1v) is 9.90. The predicted octanol–water partition coefficient (Wildman–Crippen LogP) is 5.60. The number of aromatic nitrogens is 1. The van der Waals surface area contributed by atoms with E-state index in [1.807, 2.05) is 0 Å². The topological polar surface area (TPSA) is 41.8 Å². The lowest BCUT2D eigenvalue weighted by molar-refractivity contribution is 0.748. The maximum absolute atomic E-state index is 5.68. The number of H-pyrrole nitrogens is 1. The van der Waals surface area contributed by atoms with Gasteiger partial charge in [0.1, 0.15) is 0 Å². The van der Waals surface area contributed by atoms with Gasteiger partial charge in [-0.1, -0.05) is 34.1 Å². The molecule has 2 aromatic carbocycles. The highest BCUT2D eigenvalue weighted by Gasteiger charge is 2.15. The Morgan fingerprint density at radius 2 is 1.96 bits per heavy atom. The first-order chi connectivity index (χ1) is 11.2. The Hall–Kier alpha value is -1.23. The summed E-state index contributed by atoms with van der Waals surface area (Å²) >= 11 is 5.40. The normalized spacial score (nSPS) is 11.3. The minimum Gasteiger partial charge on any atom is -0.354 e. The number of hydrogen-bond acceptors (Lipinski definition) is 2. The second-order valence-corrected chi connectivity index (χ2v) is 7.38. The highest BCUT2D eigenvalue weighted by atomic mass is 79.9. The maximum atomic E-state index is 5.68. The molecule has 0 unspecified atom stereocenters. The summed E-state index contributed by atoms with van der Waals surface area (Å²) < 4.78 is 1.12. The molecular weight excluding hydrogens is 368 g/mol. The van der Waals surface area contributed by atoms with Gasteiger partial charge in [0.15, 0.2) is 0 Å². The van der Waals surface area contributed by atoms with Crippen LogP contribution in [0.3, 0.4) is 0 Å². The fourth-order valence-corrected chi connectivity index (χ4v) is 3.97. The zero-order chi connectivity index (χ0) is 16.2. The van der Waals surface area contributed by atoms with Crippen molar-refractivity contribution in [1.29, 1.82) is 0 Å². The van der Waals surface area contributed by atoms with Gasteiger partial charge in [0.2, 0.25) is 0 Å². The Balaban J connectivity index is 2.16. The number of aryl methyl sites for hydroxylation is 1. The fourth-order valence-electron chi connectivity index (χ4n) is 3.01. The monoisotopic (exact) mass is 388 g/mol. The molecule has 0 bridgehead atoms. The highest BCUT2D eigenvalue weighted by molar-refractivity contribution is 9.10. The SMILES string of the molecule is CSc1ccccc1-c1[nH]c2ccc(Br)cc2c1CCCCN. The minimum absolute atomic E-state index is 0.753. The Bertz CT molecular complexity index is 810. The van der Waals surface area contributed by atoms with Crippen molar-refractivity contribution in [3.05, 3.63) is 52.5 Å². The van der Waals surface area contributed by atoms with Crippen molar-refractivity contribution < 1.29 is 0 Å². The summed E-state index contributed by atoms with van der Waals surface area (Å²) in [4.78, 5) is 4.95. The number of nitrogens with two attached hydrogens (primary N) is 1. The van der Waals surface area contributed by atoms with Crippen molar-refractivity contribution in [3.8, 4) is 11.3 Å². The van der Waals surface area contributed by atoms with Crippen LogP contribution in [0.4, 0.5) is 0 Å². The lowest BCUT2D eigenvalue weighted by Crippen LogP contribution is -1.99. The Kier molecular flexibility index (Phi) is 5.46. The van der Waals surface area contributed by atoms with E-state index in [1.54, 1.807) is 11.8 Å². The van der Waals surface area contributed by atoms with Crippen molar-refractivity contribution in [2.45, 2.75) is 24.2 Å². The number of halogens is 1. The molecule has 2 nitrogen and oxygen atoms in total. The molecule has 120 valence electrons. The number of aromatic amines is 1. The third kappa shape index (κ3) is 3.49. The molecule has 0 amide bonds. The summed E-state index contributed by atoms with van der Waals surface area (Å²) in [6.45, 7) is 0.753. The molecule has 3 N–H and O–H groups in total. The molecule has 0 fully saturated rings. The van der Waals surface area contributed by atoms with Crippen LogP contribution in [-0.2, 0) is 6.42 Å². The Morgan fingerprint density at radius 3 is 2.74 bits per heavy atom. The van der Waals surface area contributed by atoms with Crippen molar-refractivity contribution in [2.24, 2.45) is 5.73 Å². The molecule has 0 aliphatic rings. The van der Waals surface area contributed by atoms with Crippen molar-refractivity contribution in [3.63, 3.8) is 0 Å². The molecular formula is C19H21BrN2S. The third-order valence-electron chi connectivity index (χ3n) is 4.13. The van der Waals surface area contributed by atoms with Crippen LogP contribution in [-0.4, -0.2) is 17.8 Å². The third-order valence-corrected chi connectivity index (χ3v) is 5.41. The zero-order valence-corrected chi connectivity index (χ0v) is 15.6. The zero-order valence-electron chi connectivity index (χ0n) is 13.2. The van der Waals surface area contributed by atoms with Gasteiger partial charge >= 0.3 is 0 Å². The van der Waals surface area contributed by atoms with E-state index in [4.69, 9.17) is 5.73 Å². The van der Waals surface area contributed by atoms with Crippen LogP contribution in [0.15, 0.2) is 51.8 Å². The second-order valence-electron chi connectivity index (χ2n) is 5.61. The smallest absolute Gasteiger partial charge is 0.0508 e. The van der Waals surface area contributed by atoms with Crippen molar-refractivity contribution in [2.75, 3.05) is 12.8 Å². The molecule has 1 heterocycles. The highest BCUT2D eigenvalue weighted by Crippen LogP contribution is 2.37. The molecule has 0 atom stereocenters. The number of nitrogens with one attached hydrogen (secondary N) is 1. The van der Waals surface area contributed by atoms with Crippen LogP contribution in [0.5, 0.6) is 0 Å². The second kappa shape index (κ2) is 7.56. The molecule has 4 heteroatoms. The van der Waals surface area contributed by atoms with Gasteiger partial charge in [-0.15, -0.1) is 11.8 Å². The molecule has 0 aliphatic heterocycles. The number of rotatable bonds is 6. The van der Waals surface area contributed by atoms with E-state index in [9.17, 15) is 0 Å². The van der Waals surface area contributed by atoms with E-state index < -0.39 is 0 Å². The van der Waals surface area contributed by atoms with E-state index in [2.05, 4.69) is 69.6 Å². The van der Waals surface area contributed by atoms with Crippen LogP contribution in [0.1, 0.15) is 18.4 Å². The van der Waals surface area contributed by atoms with E-state index >= 15 is 0 Å². The van der Waals surface area contributed by atoms with E-state index in [0.29, 0.717) is 0 Å². The standard InChI is InChI=1S/C19H21BrN2S/c1-23-18-8-3-2-7-15(18)19-14(6-4-5-11-21)16-12-13(20)9-10-17(16)22-19/h2-3,7-10,12,22H,4-6,11,21H2,1H3. The molecule has 3 rings (SSSR count). The molecule has 0 spiro atoms. The van der Waals surface area contributed by atoms with Gasteiger partial charge in [0, 0.05) is 25.8 Å². The van der Waals surface area contributed by atoms with Crippen LogP contribution >= 0.6 is 27.7 Å². The first-order valence-electron chi connectivity index (χ1n) is 7.88. The molecule has 3 aromatic rings. The summed E-state index contributed by atoms with van der Waals surface area (Å²) in [6, 6.07) is 15.1. The molecule has 0 saturated heterocycles. The number of thioether (sulfide) groups is 1. The predicted molar refractivity (Wildman–Crippen MR) is 105 cm³/mol. The van der Waals surface area contributed by atoms with Crippen LogP contribution in [0.25, 0.3) is 22.2 Å². The maximum Gasteiger partial charge on any atom is 0.0508 e. The lowest BCUT2D eigenvalue weighted by Gasteiger charge is -2.09. The Morgan fingerprint density at radius 1 is 1.13 bits per heavy atom. The summed E-state index contributed by atoms with van der Waals surface area (Å²) in [5.74, 6) is 0. The number of hydrogen-bond donors (Lipinski definition) is 2. The lowest BCUT2D eigenvalue weighted by atomic mass is 10.0. The number of fused-ring (bicyclic) bond motifs is 1. The molecule has 23 heavy (non-hydrogen) atoms. The van der Waals surface area contributed by atoms with E-state index in [1.165, 1.54) is 32.6 Å². The van der Waals surface area contributed by atoms with E-state index in [-0.39, 0.29) is 0 Å². The van der Waals surface area contributed by atoms with Crippen molar-refractivity contribution in [1.82, 2.24) is 4.98 Å². The largest absolute Gasteiger partial charge is 0.354 e. The average Bonchev–Trinajstić information content (AvgIpc) is 2.93. The molecule has 0 saturated carbocycles. The van der Waals surface area contributed by atoms with Crippen molar-refractivity contribution >= 4 is 38.6 Å².